The van der Waals surface area contributed by atoms with E-state index in [4.69, 9.17) is 0 Å². The average Bonchev–Trinajstić information content (AvgIpc) is 3.32. The van der Waals surface area contributed by atoms with Crippen LogP contribution in [0.4, 0.5) is 0 Å². The summed E-state index contributed by atoms with van der Waals surface area (Å²) in [4.78, 5) is 5.24. The molecule has 0 spiro atoms. The minimum Gasteiger partial charge on any atom is -0.301 e. The van der Waals surface area contributed by atoms with Gasteiger partial charge in [-0.2, -0.15) is 5.26 Å². The van der Waals surface area contributed by atoms with Gasteiger partial charge in [0.15, 0.2) is 0 Å². The van der Waals surface area contributed by atoms with Crippen molar-refractivity contribution < 1.29 is 0 Å². The Labute approximate surface area is 129 Å². The highest BCUT2D eigenvalue weighted by atomic mass is 15.3. The van der Waals surface area contributed by atoms with E-state index < -0.39 is 0 Å². The highest BCUT2D eigenvalue weighted by molar-refractivity contribution is 5.13. The molecule has 1 aliphatic heterocycles. The Kier molecular flexibility index (Phi) is 4.83. The highest BCUT2D eigenvalue weighted by Crippen LogP contribution is 2.34. The molecule has 1 N–H and O–H groups in total. The van der Waals surface area contributed by atoms with E-state index in [2.05, 4.69) is 28.1 Å². The maximum atomic E-state index is 9.71. The number of nitrogens with zero attached hydrogens (tertiary/aromatic N) is 3. The lowest BCUT2D eigenvalue weighted by Crippen LogP contribution is -2.57. The zero-order valence-electron chi connectivity index (χ0n) is 13.5. The van der Waals surface area contributed by atoms with Crippen LogP contribution in [0, 0.1) is 11.3 Å². The summed E-state index contributed by atoms with van der Waals surface area (Å²) in [5.41, 5.74) is -0.232. The zero-order valence-corrected chi connectivity index (χ0v) is 13.5. The normalized spacial score (nSPS) is 35.5. The molecule has 3 rings (SSSR count). The highest BCUT2D eigenvalue weighted by Gasteiger charge is 2.42. The molecule has 0 aromatic carbocycles. The second kappa shape index (κ2) is 6.64. The first-order chi connectivity index (χ1) is 10.2. The lowest BCUT2D eigenvalue weighted by atomic mass is 9.79. The minimum absolute atomic E-state index is 0.232. The van der Waals surface area contributed by atoms with E-state index >= 15 is 0 Å². The van der Waals surface area contributed by atoms with Crippen molar-refractivity contribution in [2.24, 2.45) is 0 Å². The minimum atomic E-state index is -0.232. The van der Waals surface area contributed by atoms with Crippen molar-refractivity contribution in [3.8, 4) is 6.07 Å². The molecule has 1 saturated heterocycles. The molecule has 0 bridgehead atoms. The molecule has 2 atom stereocenters. The molecule has 2 unspecified atom stereocenters. The second-order valence-corrected chi connectivity index (χ2v) is 7.24. The first-order valence-corrected chi connectivity index (χ1v) is 8.90. The quantitative estimate of drug-likeness (QED) is 0.840. The van der Waals surface area contributed by atoms with Crippen LogP contribution in [0.2, 0.25) is 0 Å². The van der Waals surface area contributed by atoms with Gasteiger partial charge in [0.1, 0.15) is 5.54 Å². The van der Waals surface area contributed by atoms with E-state index in [1.165, 1.54) is 64.8 Å². The van der Waals surface area contributed by atoms with E-state index in [1.807, 2.05) is 0 Å². The third kappa shape index (κ3) is 3.77. The lowest BCUT2D eigenvalue weighted by Gasteiger charge is -2.45. The number of nitrogens with one attached hydrogen (secondary N) is 1. The van der Waals surface area contributed by atoms with Crippen molar-refractivity contribution >= 4 is 0 Å². The number of rotatable bonds is 5. The number of hydrogen-bond donors (Lipinski definition) is 1. The standard InChI is InChI=1S/C17H30N4/c1-2-8-20-9-11-21(12-10-20)16-4-3-7-17(13-16,14-18)19-15-5-6-15/h15-16,19H,2-13H2,1H3. The van der Waals surface area contributed by atoms with Crippen LogP contribution >= 0.6 is 0 Å². The van der Waals surface area contributed by atoms with Gasteiger partial charge < -0.3 is 4.90 Å². The van der Waals surface area contributed by atoms with Crippen LogP contribution in [0.3, 0.4) is 0 Å². The Balaban J connectivity index is 1.55. The monoisotopic (exact) mass is 290 g/mol. The molecule has 0 radical (unpaired) electrons. The van der Waals surface area contributed by atoms with Gasteiger partial charge >= 0.3 is 0 Å². The van der Waals surface area contributed by atoms with E-state index in [1.54, 1.807) is 0 Å². The molecule has 1 heterocycles. The second-order valence-electron chi connectivity index (χ2n) is 7.24. The third-order valence-electron chi connectivity index (χ3n) is 5.46. The van der Waals surface area contributed by atoms with Crippen LogP contribution in [-0.4, -0.2) is 60.1 Å². The molecule has 4 nitrogen and oxygen atoms in total. The summed E-state index contributed by atoms with van der Waals surface area (Å²) in [7, 11) is 0. The van der Waals surface area contributed by atoms with Crippen LogP contribution < -0.4 is 5.32 Å². The van der Waals surface area contributed by atoms with E-state index in [-0.39, 0.29) is 5.54 Å². The molecule has 3 aliphatic rings. The summed E-state index contributed by atoms with van der Waals surface area (Å²) in [6.45, 7) is 8.30. The molecule has 2 aliphatic carbocycles. The van der Waals surface area contributed by atoms with Gasteiger partial charge in [0.05, 0.1) is 6.07 Å². The molecular formula is C17H30N4. The zero-order chi connectivity index (χ0) is 14.7. The fourth-order valence-electron chi connectivity index (χ4n) is 4.11. The molecule has 0 amide bonds. The Morgan fingerprint density at radius 1 is 1.19 bits per heavy atom. The van der Waals surface area contributed by atoms with Gasteiger partial charge in [0.25, 0.3) is 0 Å². The van der Waals surface area contributed by atoms with Gasteiger partial charge in [-0.3, -0.25) is 10.2 Å². The largest absolute Gasteiger partial charge is 0.301 e. The Morgan fingerprint density at radius 2 is 1.95 bits per heavy atom. The fraction of sp³-hybridized carbons (Fsp3) is 0.941. The third-order valence-corrected chi connectivity index (χ3v) is 5.46. The number of hydrogen-bond acceptors (Lipinski definition) is 4. The maximum absolute atomic E-state index is 9.71. The van der Waals surface area contributed by atoms with E-state index in [0.29, 0.717) is 12.1 Å². The SMILES string of the molecule is CCCN1CCN(C2CCCC(C#N)(NC3CC3)C2)CC1. The molecule has 2 saturated carbocycles. The van der Waals surface area contributed by atoms with Crippen LogP contribution in [0.1, 0.15) is 51.9 Å². The summed E-state index contributed by atoms with van der Waals surface area (Å²) < 4.78 is 0. The van der Waals surface area contributed by atoms with Crippen molar-refractivity contribution in [1.29, 1.82) is 5.26 Å². The predicted octanol–water partition coefficient (Wildman–Crippen LogP) is 1.97. The van der Waals surface area contributed by atoms with Gasteiger partial charge in [0, 0.05) is 38.3 Å². The molecule has 21 heavy (non-hydrogen) atoms. The smallest absolute Gasteiger partial charge is 0.108 e. The Bertz CT molecular complexity index is 379. The van der Waals surface area contributed by atoms with Gasteiger partial charge in [-0.1, -0.05) is 6.92 Å². The Morgan fingerprint density at radius 3 is 2.57 bits per heavy atom. The van der Waals surface area contributed by atoms with E-state index in [0.717, 1.165) is 12.8 Å². The number of nitriles is 1. The maximum Gasteiger partial charge on any atom is 0.108 e. The summed E-state index contributed by atoms with van der Waals surface area (Å²) in [6.07, 6.45) is 8.36. The van der Waals surface area contributed by atoms with Crippen molar-refractivity contribution in [3.05, 3.63) is 0 Å². The average molecular weight is 290 g/mol. The Hall–Kier alpha value is -0.630. The molecular weight excluding hydrogens is 260 g/mol. The van der Waals surface area contributed by atoms with Gasteiger partial charge in [0.2, 0.25) is 0 Å². The van der Waals surface area contributed by atoms with Crippen molar-refractivity contribution in [2.75, 3.05) is 32.7 Å². The van der Waals surface area contributed by atoms with Crippen molar-refractivity contribution in [3.63, 3.8) is 0 Å². The number of piperazine rings is 1. The molecule has 118 valence electrons. The summed E-state index contributed by atoms with van der Waals surface area (Å²) >= 11 is 0. The topological polar surface area (TPSA) is 42.3 Å². The van der Waals surface area contributed by atoms with Crippen LogP contribution in [-0.2, 0) is 0 Å². The van der Waals surface area contributed by atoms with Crippen LogP contribution in [0.25, 0.3) is 0 Å². The molecule has 0 aromatic rings. The van der Waals surface area contributed by atoms with Gasteiger partial charge in [-0.25, -0.2) is 0 Å². The first kappa shape index (κ1) is 15.3. The molecule has 0 aromatic heterocycles. The first-order valence-electron chi connectivity index (χ1n) is 8.90. The van der Waals surface area contributed by atoms with Gasteiger partial charge in [-0.05, 0) is 51.5 Å². The van der Waals surface area contributed by atoms with Gasteiger partial charge in [-0.15, -0.1) is 0 Å². The van der Waals surface area contributed by atoms with E-state index in [9.17, 15) is 5.26 Å². The molecule has 3 fully saturated rings. The summed E-state index contributed by atoms with van der Waals surface area (Å²) in [5, 5.41) is 13.4. The predicted molar refractivity (Wildman–Crippen MR) is 85.1 cm³/mol. The molecule has 4 heteroatoms. The van der Waals surface area contributed by atoms with Crippen molar-refractivity contribution in [2.45, 2.75) is 69.5 Å². The van der Waals surface area contributed by atoms with Crippen LogP contribution in [0.5, 0.6) is 0 Å². The van der Waals surface area contributed by atoms with Crippen LogP contribution in [0.15, 0.2) is 0 Å². The summed E-state index contributed by atoms with van der Waals surface area (Å²) in [5.74, 6) is 0. The fourth-order valence-corrected chi connectivity index (χ4v) is 4.11. The lowest BCUT2D eigenvalue weighted by molar-refractivity contribution is 0.0625. The summed E-state index contributed by atoms with van der Waals surface area (Å²) in [6, 6.07) is 3.89. The van der Waals surface area contributed by atoms with Crippen molar-refractivity contribution in [1.82, 2.24) is 15.1 Å².